The van der Waals surface area contributed by atoms with Gasteiger partial charge >= 0.3 is 0 Å². The van der Waals surface area contributed by atoms with Gasteiger partial charge in [0.05, 0.1) is 17.0 Å². The van der Waals surface area contributed by atoms with Gasteiger partial charge in [-0.2, -0.15) is 0 Å². The molecule has 1 aromatic carbocycles. The second kappa shape index (κ2) is 6.46. The number of carbonyl (C=O) groups excluding carboxylic acids is 1. The summed E-state index contributed by atoms with van der Waals surface area (Å²) >= 11 is 0. The van der Waals surface area contributed by atoms with Crippen LogP contribution in [0.2, 0.25) is 0 Å². The number of aromatic carboxylic acids is 1. The van der Waals surface area contributed by atoms with Crippen LogP contribution in [0.5, 0.6) is 0 Å². The molecule has 0 aromatic heterocycles. The largest absolute Gasteiger partial charge is 0.545 e. The normalized spacial score (nSPS) is 30.7. The number of nitrogens with zero attached hydrogens (tertiary/aromatic N) is 1. The highest BCUT2D eigenvalue weighted by atomic mass is 16.6. The Morgan fingerprint density at radius 1 is 1.22 bits per heavy atom. The van der Waals surface area contributed by atoms with Crippen LogP contribution in [0.1, 0.15) is 17.3 Å². The molecule has 23 heavy (non-hydrogen) atoms. The summed E-state index contributed by atoms with van der Waals surface area (Å²) in [6.45, 7) is 1.47. The van der Waals surface area contributed by atoms with Gasteiger partial charge in [-0.15, -0.1) is 0 Å². The first kappa shape index (κ1) is 17.1. The van der Waals surface area contributed by atoms with Gasteiger partial charge in [-0.25, -0.2) is 0 Å². The Hall–Kier alpha value is -2.27. The lowest BCUT2D eigenvalue weighted by atomic mass is 9.99. The van der Waals surface area contributed by atoms with Crippen molar-refractivity contribution in [3.05, 3.63) is 33.9 Å². The molecule has 0 unspecified atom stereocenters. The second-order valence-electron chi connectivity index (χ2n) is 5.19. The van der Waals surface area contributed by atoms with Crippen LogP contribution < -0.4 is 10.4 Å². The highest BCUT2D eigenvalue weighted by Gasteiger charge is 2.41. The van der Waals surface area contributed by atoms with Crippen LogP contribution in [-0.4, -0.2) is 56.9 Å². The highest BCUT2D eigenvalue weighted by Crippen LogP contribution is 2.26. The van der Waals surface area contributed by atoms with Crippen molar-refractivity contribution in [1.82, 2.24) is 0 Å². The van der Waals surface area contributed by atoms with Crippen molar-refractivity contribution in [2.45, 2.75) is 37.6 Å². The number of rotatable bonds is 4. The first-order chi connectivity index (χ1) is 10.7. The average molecular weight is 327 g/mol. The minimum Gasteiger partial charge on any atom is -0.545 e. The Labute approximate surface area is 130 Å². The molecule has 0 saturated carbocycles. The van der Waals surface area contributed by atoms with E-state index < -0.39 is 52.8 Å². The molecular weight excluding hydrogens is 312 g/mol. The topological polar surface area (TPSA) is 165 Å². The third kappa shape index (κ3) is 3.56. The summed E-state index contributed by atoms with van der Waals surface area (Å²) in [5, 5.41) is 53.5. The molecular formula is C13H15N2O8-. The quantitative estimate of drug-likeness (QED) is 0.368. The Morgan fingerprint density at radius 2 is 1.87 bits per heavy atom. The number of hydrogen-bond donors (Lipinski definition) is 4. The van der Waals surface area contributed by atoms with E-state index in [2.05, 4.69) is 5.32 Å². The molecule has 4 N–H and O–H groups in total. The molecule has 1 heterocycles. The molecule has 126 valence electrons. The molecule has 1 aliphatic heterocycles. The van der Waals surface area contributed by atoms with Gasteiger partial charge in [-0.3, -0.25) is 10.1 Å². The Kier molecular flexibility index (Phi) is 4.80. The molecule has 1 saturated heterocycles. The summed E-state index contributed by atoms with van der Waals surface area (Å²) in [5.74, 6) is -1.61. The van der Waals surface area contributed by atoms with Gasteiger partial charge in [0, 0.05) is 23.4 Å². The van der Waals surface area contributed by atoms with E-state index in [1.807, 2.05) is 0 Å². The number of nitrogens with one attached hydrogen (secondary N) is 1. The summed E-state index contributed by atoms with van der Waals surface area (Å²) in [7, 11) is 0. The smallest absolute Gasteiger partial charge is 0.272 e. The van der Waals surface area contributed by atoms with Crippen LogP contribution in [0.25, 0.3) is 0 Å². The zero-order valence-electron chi connectivity index (χ0n) is 11.9. The predicted molar refractivity (Wildman–Crippen MR) is 73.4 cm³/mol. The Balaban J connectivity index is 2.28. The van der Waals surface area contributed by atoms with E-state index in [1.165, 1.54) is 6.92 Å². The molecule has 1 aromatic rings. The van der Waals surface area contributed by atoms with Crippen molar-refractivity contribution in [2.75, 3.05) is 5.32 Å². The molecule has 10 nitrogen and oxygen atoms in total. The molecule has 10 heteroatoms. The van der Waals surface area contributed by atoms with Crippen LogP contribution in [0, 0.1) is 10.1 Å². The van der Waals surface area contributed by atoms with E-state index in [4.69, 9.17) is 4.74 Å². The number of anilines is 1. The number of aliphatic hydroxyl groups is 3. The molecule has 0 aliphatic carbocycles. The zero-order chi connectivity index (χ0) is 17.3. The van der Waals surface area contributed by atoms with Crippen molar-refractivity contribution >= 4 is 17.3 Å². The summed E-state index contributed by atoms with van der Waals surface area (Å²) in [4.78, 5) is 21.0. The van der Waals surface area contributed by atoms with Gasteiger partial charge in [-0.05, 0) is 13.0 Å². The van der Waals surface area contributed by atoms with E-state index in [0.29, 0.717) is 0 Å². The average Bonchev–Trinajstić information content (AvgIpc) is 2.50. The summed E-state index contributed by atoms with van der Waals surface area (Å²) in [5.41, 5.74) is -0.938. The number of carbonyl (C=O) groups is 1. The number of non-ortho nitro benzene ring substituents is 1. The maximum absolute atomic E-state index is 10.9. The van der Waals surface area contributed by atoms with E-state index in [1.54, 1.807) is 0 Å². The van der Waals surface area contributed by atoms with Crippen LogP contribution in [-0.2, 0) is 4.74 Å². The lowest BCUT2D eigenvalue weighted by molar-refractivity contribution is -0.384. The number of nitro benzene ring substituents is 1. The van der Waals surface area contributed by atoms with Gasteiger partial charge < -0.3 is 35.3 Å². The monoisotopic (exact) mass is 327 g/mol. The minimum atomic E-state index is -1.61. The Morgan fingerprint density at radius 3 is 2.43 bits per heavy atom. The summed E-state index contributed by atoms with van der Waals surface area (Å²) in [6.07, 6.45) is -6.32. The lowest BCUT2D eigenvalue weighted by Crippen LogP contribution is -2.58. The van der Waals surface area contributed by atoms with Gasteiger partial charge in [0.25, 0.3) is 5.69 Å². The molecule has 1 fully saturated rings. The third-order valence-electron chi connectivity index (χ3n) is 3.53. The number of hydrogen-bond acceptors (Lipinski definition) is 9. The SMILES string of the molecule is C[C@H]1O[C@@H](Nc2cc(C(=O)[O-])cc([N+](=O)[O-])c2)[C@@H](O)[C@@H](O)[C@@H]1O. The third-order valence-corrected chi connectivity index (χ3v) is 3.53. The molecule has 5 atom stereocenters. The lowest BCUT2D eigenvalue weighted by Gasteiger charge is -2.39. The standard InChI is InChI=1S/C13H16N2O8/c1-5-9(16)10(17)11(18)12(23-5)14-7-2-6(13(19)20)3-8(4-7)15(21)22/h2-5,9-12,14,16-18H,1H3,(H,19,20)/p-1/t5-,9-,10+,11+,12-/m1/s1. The number of aliphatic hydroxyl groups excluding tert-OH is 3. The van der Waals surface area contributed by atoms with Gasteiger partial charge in [0.2, 0.25) is 0 Å². The molecule has 0 bridgehead atoms. The van der Waals surface area contributed by atoms with E-state index in [9.17, 15) is 35.3 Å². The highest BCUT2D eigenvalue weighted by molar-refractivity contribution is 5.88. The number of carboxylic acids is 1. The molecule has 0 amide bonds. The van der Waals surface area contributed by atoms with Crippen molar-refractivity contribution in [1.29, 1.82) is 0 Å². The molecule has 1 aliphatic rings. The molecule has 2 rings (SSSR count). The predicted octanol–water partition coefficient (Wildman–Crippen LogP) is -1.80. The fraction of sp³-hybridized carbons (Fsp3) is 0.462. The van der Waals surface area contributed by atoms with E-state index >= 15 is 0 Å². The summed E-state index contributed by atoms with van der Waals surface area (Å²) in [6, 6.07) is 2.95. The maximum atomic E-state index is 10.9. The van der Waals surface area contributed by atoms with Crippen molar-refractivity contribution in [3.8, 4) is 0 Å². The fourth-order valence-corrected chi connectivity index (χ4v) is 2.25. The summed E-state index contributed by atoms with van der Waals surface area (Å²) < 4.78 is 5.28. The number of ether oxygens (including phenoxy) is 1. The van der Waals surface area contributed by atoms with Crippen LogP contribution >= 0.6 is 0 Å². The minimum absolute atomic E-state index is 0.0155. The molecule has 0 radical (unpaired) electrons. The van der Waals surface area contributed by atoms with Gasteiger partial charge in [-0.1, -0.05) is 0 Å². The van der Waals surface area contributed by atoms with Crippen LogP contribution in [0.15, 0.2) is 18.2 Å². The first-order valence-electron chi connectivity index (χ1n) is 6.67. The number of benzene rings is 1. The number of carboxylic acid groups (broad SMARTS) is 1. The van der Waals surface area contributed by atoms with E-state index in [0.717, 1.165) is 18.2 Å². The van der Waals surface area contributed by atoms with Crippen molar-refractivity contribution in [2.24, 2.45) is 0 Å². The zero-order valence-corrected chi connectivity index (χ0v) is 11.9. The maximum Gasteiger partial charge on any atom is 0.272 e. The van der Waals surface area contributed by atoms with Crippen LogP contribution in [0.3, 0.4) is 0 Å². The number of nitro groups is 1. The van der Waals surface area contributed by atoms with Crippen LogP contribution in [0.4, 0.5) is 11.4 Å². The van der Waals surface area contributed by atoms with Crippen molar-refractivity contribution < 1.29 is 34.9 Å². The molecule has 0 spiro atoms. The van der Waals surface area contributed by atoms with Crippen molar-refractivity contribution in [3.63, 3.8) is 0 Å². The fourth-order valence-electron chi connectivity index (χ4n) is 2.25. The first-order valence-corrected chi connectivity index (χ1v) is 6.67. The van der Waals surface area contributed by atoms with Gasteiger partial charge in [0.1, 0.15) is 18.3 Å². The van der Waals surface area contributed by atoms with Gasteiger partial charge in [0.15, 0.2) is 6.23 Å². The van der Waals surface area contributed by atoms with E-state index in [-0.39, 0.29) is 5.69 Å². The second-order valence-corrected chi connectivity index (χ2v) is 5.19. The Bertz CT molecular complexity index is 590.